The minimum atomic E-state index is 0.796. The molecular formula is C11H13ClN2. The van der Waals surface area contributed by atoms with E-state index in [1.807, 2.05) is 26.2 Å². The van der Waals surface area contributed by atoms with Gasteiger partial charge >= 0.3 is 0 Å². The molecule has 0 unspecified atom stereocenters. The second kappa shape index (κ2) is 3.64. The molecule has 1 heterocycles. The van der Waals surface area contributed by atoms with Crippen LogP contribution in [0.25, 0.3) is 10.9 Å². The number of hydrogen-bond donors (Lipinski definition) is 1. The highest BCUT2D eigenvalue weighted by Crippen LogP contribution is 2.29. The van der Waals surface area contributed by atoms with Gasteiger partial charge in [0.05, 0.1) is 10.7 Å². The lowest BCUT2D eigenvalue weighted by Crippen LogP contribution is -2.09. The highest BCUT2D eigenvalue weighted by Gasteiger charge is 2.11. The fourth-order valence-corrected chi connectivity index (χ4v) is 2.12. The van der Waals surface area contributed by atoms with Gasteiger partial charge in [-0.25, -0.2) is 0 Å². The van der Waals surface area contributed by atoms with Crippen LogP contribution in [-0.2, 0) is 13.6 Å². The van der Waals surface area contributed by atoms with E-state index in [4.69, 9.17) is 11.6 Å². The van der Waals surface area contributed by atoms with E-state index in [9.17, 15) is 0 Å². The molecule has 3 heteroatoms. The number of hydrogen-bond acceptors (Lipinski definition) is 1. The second-order valence-corrected chi connectivity index (χ2v) is 3.75. The minimum absolute atomic E-state index is 0.796. The number of nitrogens with one attached hydrogen (secondary N) is 1. The Morgan fingerprint density at radius 2 is 2.07 bits per heavy atom. The molecule has 0 aliphatic carbocycles. The van der Waals surface area contributed by atoms with Crippen LogP contribution < -0.4 is 5.32 Å². The number of benzene rings is 1. The predicted molar refractivity (Wildman–Crippen MR) is 60.7 cm³/mol. The first kappa shape index (κ1) is 9.56. The summed E-state index contributed by atoms with van der Waals surface area (Å²) in [6.45, 7) is 0.796. The van der Waals surface area contributed by atoms with E-state index >= 15 is 0 Å². The number of nitrogens with zero attached hydrogens (tertiary/aromatic N) is 1. The molecule has 0 aliphatic rings. The van der Waals surface area contributed by atoms with Gasteiger partial charge in [-0.3, -0.25) is 0 Å². The first-order valence-corrected chi connectivity index (χ1v) is 5.00. The van der Waals surface area contributed by atoms with Gasteiger partial charge < -0.3 is 9.88 Å². The Kier molecular flexibility index (Phi) is 2.48. The summed E-state index contributed by atoms with van der Waals surface area (Å²) in [5.41, 5.74) is 2.32. The number of halogens is 1. The van der Waals surface area contributed by atoms with Crippen molar-refractivity contribution in [2.75, 3.05) is 7.05 Å². The van der Waals surface area contributed by atoms with Crippen LogP contribution in [0.2, 0.25) is 5.02 Å². The van der Waals surface area contributed by atoms with Crippen LogP contribution in [0.3, 0.4) is 0 Å². The van der Waals surface area contributed by atoms with Crippen LogP contribution in [0.4, 0.5) is 0 Å². The van der Waals surface area contributed by atoms with Crippen molar-refractivity contribution in [1.82, 2.24) is 9.88 Å². The van der Waals surface area contributed by atoms with Crippen LogP contribution in [0.5, 0.6) is 0 Å². The monoisotopic (exact) mass is 208 g/mol. The van der Waals surface area contributed by atoms with E-state index in [0.717, 1.165) is 22.6 Å². The summed E-state index contributed by atoms with van der Waals surface area (Å²) in [4.78, 5) is 0. The first-order valence-electron chi connectivity index (χ1n) is 4.62. The summed E-state index contributed by atoms with van der Waals surface area (Å²) in [5, 5.41) is 5.11. The van der Waals surface area contributed by atoms with E-state index < -0.39 is 0 Å². The molecule has 0 saturated heterocycles. The second-order valence-electron chi connectivity index (χ2n) is 3.37. The summed E-state index contributed by atoms with van der Waals surface area (Å²) < 4.78 is 2.13. The highest BCUT2D eigenvalue weighted by molar-refractivity contribution is 6.36. The van der Waals surface area contributed by atoms with E-state index in [-0.39, 0.29) is 0 Å². The van der Waals surface area contributed by atoms with Crippen molar-refractivity contribution < 1.29 is 0 Å². The zero-order valence-electron chi connectivity index (χ0n) is 8.34. The SMILES string of the molecule is CNCc1c(Cl)c2ccccc2n1C. The van der Waals surface area contributed by atoms with Crippen LogP contribution in [0.15, 0.2) is 24.3 Å². The lowest BCUT2D eigenvalue weighted by Gasteiger charge is -2.03. The summed E-state index contributed by atoms with van der Waals surface area (Å²) in [7, 11) is 3.97. The Balaban J connectivity index is 2.72. The maximum atomic E-state index is 6.28. The fraction of sp³-hybridized carbons (Fsp3) is 0.273. The van der Waals surface area contributed by atoms with E-state index in [2.05, 4.69) is 22.0 Å². The largest absolute Gasteiger partial charge is 0.345 e. The van der Waals surface area contributed by atoms with Crippen molar-refractivity contribution in [3.63, 3.8) is 0 Å². The topological polar surface area (TPSA) is 17.0 Å². The average Bonchev–Trinajstić information content (AvgIpc) is 2.45. The third-order valence-corrected chi connectivity index (χ3v) is 2.93. The molecule has 2 nitrogen and oxygen atoms in total. The minimum Gasteiger partial charge on any atom is -0.345 e. The van der Waals surface area contributed by atoms with E-state index in [1.54, 1.807) is 0 Å². The number of rotatable bonds is 2. The third kappa shape index (κ3) is 1.31. The van der Waals surface area contributed by atoms with Gasteiger partial charge in [-0.15, -0.1) is 0 Å². The smallest absolute Gasteiger partial charge is 0.0707 e. The quantitative estimate of drug-likeness (QED) is 0.803. The van der Waals surface area contributed by atoms with Gasteiger partial charge in [0, 0.05) is 24.5 Å². The van der Waals surface area contributed by atoms with Gasteiger partial charge in [0.1, 0.15) is 0 Å². The molecule has 0 bridgehead atoms. The lowest BCUT2D eigenvalue weighted by atomic mass is 10.2. The van der Waals surface area contributed by atoms with Crippen LogP contribution in [-0.4, -0.2) is 11.6 Å². The number of aromatic nitrogens is 1. The summed E-state index contributed by atoms with van der Waals surface area (Å²) in [5.74, 6) is 0. The lowest BCUT2D eigenvalue weighted by molar-refractivity contribution is 0.745. The molecule has 1 aromatic carbocycles. The molecule has 14 heavy (non-hydrogen) atoms. The summed E-state index contributed by atoms with van der Waals surface area (Å²) in [6.07, 6.45) is 0. The Morgan fingerprint density at radius 1 is 1.36 bits per heavy atom. The molecule has 0 fully saturated rings. The number of aryl methyl sites for hydroxylation is 1. The number of para-hydroxylation sites is 1. The molecule has 0 amide bonds. The zero-order valence-corrected chi connectivity index (χ0v) is 9.10. The molecule has 0 aliphatic heterocycles. The standard InChI is InChI=1S/C11H13ClN2/c1-13-7-10-11(12)8-5-3-4-6-9(8)14(10)2/h3-6,13H,7H2,1-2H3. The van der Waals surface area contributed by atoms with Crippen molar-refractivity contribution in [3.05, 3.63) is 35.0 Å². The van der Waals surface area contributed by atoms with Gasteiger partial charge in [-0.2, -0.15) is 0 Å². The Bertz CT molecular complexity index is 421. The molecule has 0 spiro atoms. The van der Waals surface area contributed by atoms with E-state index in [1.165, 1.54) is 5.52 Å². The maximum Gasteiger partial charge on any atom is 0.0707 e. The average molecular weight is 209 g/mol. The molecule has 74 valence electrons. The fourth-order valence-electron chi connectivity index (χ4n) is 1.76. The molecule has 0 atom stereocenters. The Hall–Kier alpha value is -0.990. The van der Waals surface area contributed by atoms with Crippen LogP contribution in [0, 0.1) is 0 Å². The van der Waals surface area contributed by atoms with Crippen molar-refractivity contribution in [2.24, 2.45) is 7.05 Å². The molecule has 0 saturated carbocycles. The van der Waals surface area contributed by atoms with Crippen LogP contribution >= 0.6 is 11.6 Å². The number of fused-ring (bicyclic) bond motifs is 1. The third-order valence-electron chi connectivity index (χ3n) is 2.50. The zero-order chi connectivity index (χ0) is 10.1. The molecular weight excluding hydrogens is 196 g/mol. The first-order chi connectivity index (χ1) is 6.75. The van der Waals surface area contributed by atoms with Crippen LogP contribution in [0.1, 0.15) is 5.69 Å². The molecule has 2 rings (SSSR count). The van der Waals surface area contributed by atoms with Gasteiger partial charge in [-0.1, -0.05) is 29.8 Å². The van der Waals surface area contributed by atoms with Crippen molar-refractivity contribution in [2.45, 2.75) is 6.54 Å². The van der Waals surface area contributed by atoms with Gasteiger partial charge in [0.25, 0.3) is 0 Å². The summed E-state index contributed by atoms with van der Waals surface area (Å²) >= 11 is 6.28. The van der Waals surface area contributed by atoms with E-state index in [0.29, 0.717) is 0 Å². The Labute approximate surface area is 88.5 Å². The van der Waals surface area contributed by atoms with Crippen molar-refractivity contribution in [3.8, 4) is 0 Å². The molecule has 1 aromatic heterocycles. The van der Waals surface area contributed by atoms with Gasteiger partial charge in [0.2, 0.25) is 0 Å². The van der Waals surface area contributed by atoms with Crippen molar-refractivity contribution >= 4 is 22.5 Å². The molecule has 2 aromatic rings. The Morgan fingerprint density at radius 3 is 2.71 bits per heavy atom. The summed E-state index contributed by atoms with van der Waals surface area (Å²) in [6, 6.07) is 8.18. The van der Waals surface area contributed by atoms with Gasteiger partial charge in [-0.05, 0) is 13.1 Å². The highest BCUT2D eigenvalue weighted by atomic mass is 35.5. The molecule has 0 radical (unpaired) electrons. The molecule has 1 N–H and O–H groups in total. The predicted octanol–water partition coefficient (Wildman–Crippen LogP) is 2.55. The van der Waals surface area contributed by atoms with Gasteiger partial charge in [0.15, 0.2) is 0 Å². The van der Waals surface area contributed by atoms with Crippen molar-refractivity contribution in [1.29, 1.82) is 0 Å². The maximum absolute atomic E-state index is 6.28. The normalized spacial score (nSPS) is 11.1.